The Morgan fingerprint density at radius 1 is 0.929 bits per heavy atom. The number of hydrogen-bond donors (Lipinski definition) is 2. The Bertz CT molecular complexity index is 194. The monoisotopic (exact) mass is 194 g/mol. The van der Waals surface area contributed by atoms with Crippen molar-refractivity contribution in [2.75, 3.05) is 6.54 Å². The fraction of sp³-hybridized carbons (Fsp3) is 1.00. The minimum absolute atomic E-state index is 0.670. The smallest absolute Gasteiger partial charge is 0.0618 e. The first-order valence-electron chi connectivity index (χ1n) is 6.43. The van der Waals surface area contributed by atoms with Gasteiger partial charge in [-0.3, -0.25) is 5.32 Å². The molecule has 3 rings (SSSR count). The van der Waals surface area contributed by atoms with Crippen molar-refractivity contribution >= 4 is 0 Å². The second kappa shape index (κ2) is 3.82. The average molecular weight is 194 g/mol. The van der Waals surface area contributed by atoms with E-state index in [0.717, 1.165) is 17.9 Å². The molecule has 0 aromatic rings. The van der Waals surface area contributed by atoms with Gasteiger partial charge < -0.3 is 5.32 Å². The summed E-state index contributed by atoms with van der Waals surface area (Å²) in [5, 5.41) is 7.36. The third-order valence-electron chi connectivity index (χ3n) is 4.53. The molecule has 3 fully saturated rings. The van der Waals surface area contributed by atoms with Crippen LogP contribution in [0.15, 0.2) is 0 Å². The molecule has 2 heteroatoms. The van der Waals surface area contributed by atoms with Gasteiger partial charge in [0.2, 0.25) is 0 Å². The Morgan fingerprint density at radius 2 is 1.71 bits per heavy atom. The average Bonchev–Trinajstić information content (AvgIpc) is 2.57. The van der Waals surface area contributed by atoms with Crippen molar-refractivity contribution in [1.29, 1.82) is 0 Å². The van der Waals surface area contributed by atoms with Crippen LogP contribution < -0.4 is 10.6 Å². The topological polar surface area (TPSA) is 24.1 Å². The van der Waals surface area contributed by atoms with Gasteiger partial charge in [-0.25, -0.2) is 0 Å². The van der Waals surface area contributed by atoms with Crippen molar-refractivity contribution in [2.45, 2.75) is 57.2 Å². The van der Waals surface area contributed by atoms with Crippen LogP contribution >= 0.6 is 0 Å². The quantitative estimate of drug-likeness (QED) is 0.716. The standard InChI is InChI=1S/C12H22N2/c1-2-7-10(6-1)14-12-11(8-13-12)9-4-3-5-9/h9-14H,1-8H2. The minimum atomic E-state index is 0.670. The second-order valence-electron chi connectivity index (χ2n) is 5.39. The molecule has 2 nitrogen and oxygen atoms in total. The van der Waals surface area contributed by atoms with E-state index >= 15 is 0 Å². The number of nitrogens with one attached hydrogen (secondary N) is 2. The number of rotatable bonds is 3. The first-order chi connectivity index (χ1) is 6.93. The third-order valence-corrected chi connectivity index (χ3v) is 4.53. The largest absolute Gasteiger partial charge is 0.301 e. The summed E-state index contributed by atoms with van der Waals surface area (Å²) in [5.41, 5.74) is 0. The highest BCUT2D eigenvalue weighted by molar-refractivity contribution is 4.95. The molecule has 0 aromatic heterocycles. The van der Waals surface area contributed by atoms with E-state index in [4.69, 9.17) is 0 Å². The highest BCUT2D eigenvalue weighted by atomic mass is 15.2. The maximum absolute atomic E-state index is 3.80. The molecule has 2 aliphatic carbocycles. The van der Waals surface area contributed by atoms with Crippen molar-refractivity contribution in [3.05, 3.63) is 0 Å². The van der Waals surface area contributed by atoms with Gasteiger partial charge in [-0.2, -0.15) is 0 Å². The van der Waals surface area contributed by atoms with E-state index in [1.165, 1.54) is 51.5 Å². The van der Waals surface area contributed by atoms with Crippen molar-refractivity contribution in [2.24, 2.45) is 11.8 Å². The van der Waals surface area contributed by atoms with Gasteiger partial charge in [0.25, 0.3) is 0 Å². The predicted molar refractivity (Wildman–Crippen MR) is 58.0 cm³/mol. The molecule has 0 aromatic carbocycles. The molecule has 1 saturated heterocycles. The molecule has 1 aliphatic heterocycles. The van der Waals surface area contributed by atoms with E-state index in [1.807, 2.05) is 0 Å². The third kappa shape index (κ3) is 1.59. The van der Waals surface area contributed by atoms with Crippen LogP contribution in [0.4, 0.5) is 0 Å². The maximum Gasteiger partial charge on any atom is 0.0618 e. The van der Waals surface area contributed by atoms with Crippen LogP contribution in [-0.4, -0.2) is 18.8 Å². The molecule has 1 heterocycles. The summed E-state index contributed by atoms with van der Waals surface area (Å²) in [6.45, 7) is 1.27. The summed E-state index contributed by atoms with van der Waals surface area (Å²) in [5.74, 6) is 2.01. The summed E-state index contributed by atoms with van der Waals surface area (Å²) in [6.07, 6.45) is 10.9. The maximum atomic E-state index is 3.80. The van der Waals surface area contributed by atoms with E-state index in [9.17, 15) is 0 Å². The van der Waals surface area contributed by atoms with Crippen LogP contribution in [0, 0.1) is 11.8 Å². The summed E-state index contributed by atoms with van der Waals surface area (Å²) in [7, 11) is 0. The van der Waals surface area contributed by atoms with E-state index in [2.05, 4.69) is 10.6 Å². The van der Waals surface area contributed by atoms with Crippen LogP contribution in [0.2, 0.25) is 0 Å². The van der Waals surface area contributed by atoms with Crippen molar-refractivity contribution in [1.82, 2.24) is 10.6 Å². The Morgan fingerprint density at radius 3 is 2.21 bits per heavy atom. The first kappa shape index (κ1) is 9.17. The highest BCUT2D eigenvalue weighted by Gasteiger charge is 2.39. The molecule has 0 spiro atoms. The molecule has 0 amide bonds. The van der Waals surface area contributed by atoms with Crippen molar-refractivity contribution in [3.63, 3.8) is 0 Å². The highest BCUT2D eigenvalue weighted by Crippen LogP contribution is 2.37. The molecular weight excluding hydrogens is 172 g/mol. The van der Waals surface area contributed by atoms with Crippen LogP contribution in [0.1, 0.15) is 44.9 Å². The lowest BCUT2D eigenvalue weighted by Gasteiger charge is -2.47. The summed E-state index contributed by atoms with van der Waals surface area (Å²) in [6, 6.07) is 0.829. The summed E-state index contributed by atoms with van der Waals surface area (Å²) >= 11 is 0. The molecular formula is C12H22N2. The Balaban J connectivity index is 1.47. The molecule has 0 radical (unpaired) electrons. The molecule has 2 N–H and O–H groups in total. The zero-order valence-corrected chi connectivity index (χ0v) is 8.97. The normalized spacial score (nSPS) is 39.4. The van der Waals surface area contributed by atoms with Gasteiger partial charge in [0.05, 0.1) is 6.17 Å². The predicted octanol–water partition coefficient (Wildman–Crippen LogP) is 1.86. The zero-order chi connectivity index (χ0) is 9.38. The van der Waals surface area contributed by atoms with Gasteiger partial charge in [-0.05, 0) is 18.8 Å². The molecule has 2 unspecified atom stereocenters. The Labute approximate surface area is 86.8 Å². The Hall–Kier alpha value is -0.0800. The van der Waals surface area contributed by atoms with Gasteiger partial charge in [-0.1, -0.05) is 32.1 Å². The molecule has 3 aliphatic rings. The van der Waals surface area contributed by atoms with E-state index in [-0.39, 0.29) is 0 Å². The van der Waals surface area contributed by atoms with Crippen molar-refractivity contribution < 1.29 is 0 Å². The SMILES string of the molecule is C1CCC(NC2NCC2C2CCC2)C1. The van der Waals surface area contributed by atoms with Gasteiger partial charge >= 0.3 is 0 Å². The van der Waals surface area contributed by atoms with E-state index in [1.54, 1.807) is 0 Å². The number of hydrogen-bond acceptors (Lipinski definition) is 2. The molecule has 14 heavy (non-hydrogen) atoms. The summed E-state index contributed by atoms with van der Waals surface area (Å²) in [4.78, 5) is 0. The van der Waals surface area contributed by atoms with Crippen LogP contribution in [0.5, 0.6) is 0 Å². The zero-order valence-electron chi connectivity index (χ0n) is 8.97. The lowest BCUT2D eigenvalue weighted by molar-refractivity contribution is 0.0678. The van der Waals surface area contributed by atoms with Gasteiger partial charge in [0, 0.05) is 18.5 Å². The lowest BCUT2D eigenvalue weighted by Crippen LogP contribution is -2.65. The lowest BCUT2D eigenvalue weighted by atomic mass is 9.71. The van der Waals surface area contributed by atoms with Crippen LogP contribution in [0.3, 0.4) is 0 Å². The van der Waals surface area contributed by atoms with Crippen LogP contribution in [0.25, 0.3) is 0 Å². The molecule has 80 valence electrons. The second-order valence-corrected chi connectivity index (χ2v) is 5.39. The molecule has 2 saturated carbocycles. The summed E-state index contributed by atoms with van der Waals surface area (Å²) < 4.78 is 0. The van der Waals surface area contributed by atoms with Crippen LogP contribution in [-0.2, 0) is 0 Å². The van der Waals surface area contributed by atoms with E-state index in [0.29, 0.717) is 6.17 Å². The molecule has 2 atom stereocenters. The first-order valence-corrected chi connectivity index (χ1v) is 6.43. The minimum Gasteiger partial charge on any atom is -0.301 e. The Kier molecular flexibility index (Phi) is 2.50. The van der Waals surface area contributed by atoms with Gasteiger partial charge in [0.15, 0.2) is 0 Å². The van der Waals surface area contributed by atoms with Gasteiger partial charge in [0.1, 0.15) is 0 Å². The molecule has 0 bridgehead atoms. The fourth-order valence-electron chi connectivity index (χ4n) is 3.21. The van der Waals surface area contributed by atoms with E-state index < -0.39 is 0 Å². The fourth-order valence-corrected chi connectivity index (χ4v) is 3.21. The van der Waals surface area contributed by atoms with Gasteiger partial charge in [-0.15, -0.1) is 0 Å². The van der Waals surface area contributed by atoms with Crippen molar-refractivity contribution in [3.8, 4) is 0 Å².